The van der Waals surface area contributed by atoms with Gasteiger partial charge in [-0.05, 0) is 18.2 Å². The van der Waals surface area contributed by atoms with Gasteiger partial charge in [-0.3, -0.25) is 4.79 Å². The van der Waals surface area contributed by atoms with Gasteiger partial charge in [0.05, 0.1) is 30.0 Å². The van der Waals surface area contributed by atoms with E-state index in [-0.39, 0.29) is 5.91 Å². The number of ether oxygens (including phenoxy) is 2. The van der Waals surface area contributed by atoms with E-state index in [0.717, 1.165) is 16.5 Å². The first-order chi connectivity index (χ1) is 14.2. The van der Waals surface area contributed by atoms with Crippen molar-refractivity contribution in [3.05, 3.63) is 65.2 Å². The van der Waals surface area contributed by atoms with E-state index in [1.54, 1.807) is 0 Å². The van der Waals surface area contributed by atoms with E-state index in [4.69, 9.17) is 26.1 Å². The lowest BCUT2D eigenvalue weighted by Crippen LogP contribution is -2.47. The number of carbonyl (C=O) groups excluding carboxylic acids is 1. The smallest absolute Gasteiger partial charge is 0.254 e. The Kier molecular flexibility index (Phi) is 4.74. The molecule has 2 fully saturated rings. The topological polar surface area (TPSA) is 51.7 Å². The van der Waals surface area contributed by atoms with Gasteiger partial charge in [0.25, 0.3) is 5.91 Å². The molecule has 0 unspecified atom stereocenters. The number of carbonyl (C=O) groups is 1. The Bertz CT molecular complexity index is 1070. The number of hydrogen-bond donors (Lipinski definition) is 0. The van der Waals surface area contributed by atoms with Gasteiger partial charge < -0.3 is 14.4 Å². The number of rotatable bonds is 2. The molecule has 2 aliphatic heterocycles. The number of nitrogens with zero attached hydrogens (tertiary/aromatic N) is 2. The second-order valence-electron chi connectivity index (χ2n) is 7.45. The SMILES string of the molecule is O=C(c1cc(-c2ccccc2Cl)nc2ccccc12)N1CCC2(CC1)OCCO2. The highest BCUT2D eigenvalue weighted by Gasteiger charge is 2.41. The molecule has 0 aliphatic carbocycles. The van der Waals surface area contributed by atoms with E-state index in [0.29, 0.717) is 55.4 Å². The maximum absolute atomic E-state index is 13.5. The first-order valence-electron chi connectivity index (χ1n) is 9.87. The Balaban J connectivity index is 1.52. The van der Waals surface area contributed by atoms with Gasteiger partial charge in [-0.2, -0.15) is 0 Å². The van der Waals surface area contributed by atoms with Crippen LogP contribution in [-0.4, -0.2) is 47.9 Å². The Morgan fingerprint density at radius 2 is 1.69 bits per heavy atom. The molecule has 2 aliphatic rings. The predicted octanol–water partition coefficient (Wildman–Crippen LogP) is 4.53. The average Bonchev–Trinajstić information content (AvgIpc) is 3.21. The Morgan fingerprint density at radius 3 is 2.45 bits per heavy atom. The fourth-order valence-corrected chi connectivity index (χ4v) is 4.40. The molecule has 2 aromatic carbocycles. The number of aromatic nitrogens is 1. The van der Waals surface area contributed by atoms with Crippen LogP contribution < -0.4 is 0 Å². The predicted molar refractivity (Wildman–Crippen MR) is 112 cm³/mol. The summed E-state index contributed by atoms with van der Waals surface area (Å²) in [4.78, 5) is 20.1. The lowest BCUT2D eigenvalue weighted by Gasteiger charge is -2.37. The van der Waals surface area contributed by atoms with Crippen molar-refractivity contribution in [2.75, 3.05) is 26.3 Å². The second-order valence-corrected chi connectivity index (χ2v) is 7.86. The van der Waals surface area contributed by atoms with E-state index in [1.807, 2.05) is 59.5 Å². The minimum Gasteiger partial charge on any atom is -0.347 e. The number of fused-ring (bicyclic) bond motifs is 1. The van der Waals surface area contributed by atoms with Gasteiger partial charge in [-0.15, -0.1) is 0 Å². The van der Waals surface area contributed by atoms with Crippen LogP contribution in [0, 0.1) is 0 Å². The van der Waals surface area contributed by atoms with Gasteiger partial charge in [0.1, 0.15) is 0 Å². The van der Waals surface area contributed by atoms with Gasteiger partial charge in [0.2, 0.25) is 0 Å². The molecule has 1 aromatic heterocycles. The van der Waals surface area contributed by atoms with Crippen molar-refractivity contribution >= 4 is 28.4 Å². The largest absolute Gasteiger partial charge is 0.347 e. The van der Waals surface area contributed by atoms with Gasteiger partial charge in [-0.25, -0.2) is 4.98 Å². The zero-order valence-corrected chi connectivity index (χ0v) is 16.7. The fraction of sp³-hybridized carbons (Fsp3) is 0.304. The lowest BCUT2D eigenvalue weighted by molar-refractivity contribution is -0.181. The molecule has 3 aromatic rings. The minimum absolute atomic E-state index is 0.00440. The first kappa shape index (κ1) is 18.6. The van der Waals surface area contributed by atoms with E-state index in [9.17, 15) is 4.79 Å². The molecule has 148 valence electrons. The highest BCUT2D eigenvalue weighted by atomic mass is 35.5. The summed E-state index contributed by atoms with van der Waals surface area (Å²) < 4.78 is 11.6. The van der Waals surface area contributed by atoms with Crippen LogP contribution in [-0.2, 0) is 9.47 Å². The number of amides is 1. The molecular formula is C23H21ClN2O3. The highest BCUT2D eigenvalue weighted by molar-refractivity contribution is 6.33. The van der Waals surface area contributed by atoms with Crippen LogP contribution in [0.25, 0.3) is 22.2 Å². The molecule has 1 amide bonds. The zero-order chi connectivity index (χ0) is 19.8. The molecule has 29 heavy (non-hydrogen) atoms. The Hall–Kier alpha value is -2.47. The minimum atomic E-state index is -0.500. The summed E-state index contributed by atoms with van der Waals surface area (Å²) in [5.41, 5.74) is 2.95. The second kappa shape index (κ2) is 7.41. The summed E-state index contributed by atoms with van der Waals surface area (Å²) in [6.07, 6.45) is 1.39. The normalized spacial score (nSPS) is 18.4. The van der Waals surface area contributed by atoms with E-state index >= 15 is 0 Å². The summed E-state index contributed by atoms with van der Waals surface area (Å²) in [6.45, 7) is 2.47. The molecule has 0 atom stereocenters. The van der Waals surface area contributed by atoms with E-state index in [1.165, 1.54) is 0 Å². The molecule has 5 rings (SSSR count). The van der Waals surface area contributed by atoms with Crippen LogP contribution in [0.5, 0.6) is 0 Å². The Labute approximate surface area is 174 Å². The molecule has 0 bridgehead atoms. The molecule has 0 N–H and O–H groups in total. The number of pyridine rings is 1. The molecule has 1 spiro atoms. The number of halogens is 1. The van der Waals surface area contributed by atoms with Crippen molar-refractivity contribution < 1.29 is 14.3 Å². The quantitative estimate of drug-likeness (QED) is 0.625. The van der Waals surface area contributed by atoms with E-state index in [2.05, 4.69) is 0 Å². The van der Waals surface area contributed by atoms with Crippen molar-refractivity contribution in [2.45, 2.75) is 18.6 Å². The van der Waals surface area contributed by atoms with Crippen molar-refractivity contribution in [1.82, 2.24) is 9.88 Å². The highest BCUT2D eigenvalue weighted by Crippen LogP contribution is 2.34. The number of benzene rings is 2. The average molecular weight is 409 g/mol. The maximum atomic E-state index is 13.5. The van der Waals surface area contributed by atoms with Gasteiger partial charge in [-0.1, -0.05) is 48.0 Å². The third-order valence-electron chi connectivity index (χ3n) is 5.72. The summed E-state index contributed by atoms with van der Waals surface area (Å²) in [6, 6.07) is 17.2. The van der Waals surface area contributed by atoms with Crippen molar-refractivity contribution in [1.29, 1.82) is 0 Å². The molecule has 3 heterocycles. The summed E-state index contributed by atoms with van der Waals surface area (Å²) in [5, 5.41) is 1.46. The summed E-state index contributed by atoms with van der Waals surface area (Å²) in [7, 11) is 0. The molecule has 6 heteroatoms. The van der Waals surface area contributed by atoms with Gasteiger partial charge >= 0.3 is 0 Å². The molecule has 0 saturated carbocycles. The third-order valence-corrected chi connectivity index (χ3v) is 6.05. The fourth-order valence-electron chi connectivity index (χ4n) is 4.17. The lowest BCUT2D eigenvalue weighted by atomic mass is 10.00. The van der Waals surface area contributed by atoms with Crippen LogP contribution in [0.4, 0.5) is 0 Å². The van der Waals surface area contributed by atoms with Gasteiger partial charge in [0, 0.05) is 41.9 Å². The first-order valence-corrected chi connectivity index (χ1v) is 10.2. The van der Waals surface area contributed by atoms with Crippen LogP contribution in [0.1, 0.15) is 23.2 Å². The van der Waals surface area contributed by atoms with E-state index < -0.39 is 5.79 Å². The number of para-hydroxylation sites is 1. The molecule has 2 saturated heterocycles. The van der Waals surface area contributed by atoms with Crippen LogP contribution >= 0.6 is 11.6 Å². The van der Waals surface area contributed by atoms with Crippen LogP contribution in [0.3, 0.4) is 0 Å². The maximum Gasteiger partial charge on any atom is 0.254 e. The monoisotopic (exact) mass is 408 g/mol. The zero-order valence-electron chi connectivity index (χ0n) is 15.9. The standard InChI is InChI=1S/C23H21ClN2O3/c24-19-7-3-1-6-17(19)21-15-18(16-5-2-4-8-20(16)25-21)22(27)26-11-9-23(10-12-26)28-13-14-29-23/h1-8,15H,9-14H2. The third kappa shape index (κ3) is 3.39. The molecular weight excluding hydrogens is 388 g/mol. The number of piperidine rings is 1. The summed E-state index contributed by atoms with van der Waals surface area (Å²) >= 11 is 6.40. The molecule has 0 radical (unpaired) electrons. The summed E-state index contributed by atoms with van der Waals surface area (Å²) in [5.74, 6) is -0.496. The number of hydrogen-bond acceptors (Lipinski definition) is 4. The Morgan fingerprint density at radius 1 is 1.00 bits per heavy atom. The van der Waals surface area contributed by atoms with Crippen LogP contribution in [0.15, 0.2) is 54.6 Å². The van der Waals surface area contributed by atoms with Crippen molar-refractivity contribution in [3.8, 4) is 11.3 Å². The van der Waals surface area contributed by atoms with Crippen molar-refractivity contribution in [2.24, 2.45) is 0 Å². The molecule has 5 nitrogen and oxygen atoms in total. The van der Waals surface area contributed by atoms with Crippen molar-refractivity contribution in [3.63, 3.8) is 0 Å². The van der Waals surface area contributed by atoms with Gasteiger partial charge in [0.15, 0.2) is 5.79 Å². The van der Waals surface area contributed by atoms with Crippen LogP contribution in [0.2, 0.25) is 5.02 Å². The number of likely N-dealkylation sites (tertiary alicyclic amines) is 1.